The number of fused-ring (bicyclic) bond motifs is 1. The summed E-state index contributed by atoms with van der Waals surface area (Å²) < 4.78 is 0. The van der Waals surface area contributed by atoms with Gasteiger partial charge < -0.3 is 10.2 Å². The molecule has 1 saturated heterocycles. The molecule has 0 saturated carbocycles. The van der Waals surface area contributed by atoms with Gasteiger partial charge in [0.05, 0.1) is 0 Å². The lowest BCUT2D eigenvalue weighted by Gasteiger charge is -2.40. The van der Waals surface area contributed by atoms with Crippen LogP contribution in [0.2, 0.25) is 0 Å². The van der Waals surface area contributed by atoms with Crippen LogP contribution in [-0.4, -0.2) is 31.1 Å². The van der Waals surface area contributed by atoms with Crippen molar-refractivity contribution in [3.8, 4) is 0 Å². The molecule has 104 valence electrons. The first-order chi connectivity index (χ1) is 9.12. The molecule has 3 rings (SSSR count). The summed E-state index contributed by atoms with van der Waals surface area (Å²) in [5.41, 5.74) is 3.35. The van der Waals surface area contributed by atoms with Crippen LogP contribution in [-0.2, 0) is 6.42 Å². The second-order valence-electron chi connectivity index (χ2n) is 7.11. The Morgan fingerprint density at radius 3 is 3.00 bits per heavy atom. The van der Waals surface area contributed by atoms with E-state index in [-0.39, 0.29) is 0 Å². The van der Waals surface area contributed by atoms with Gasteiger partial charge in [-0.25, -0.2) is 0 Å². The van der Waals surface area contributed by atoms with E-state index in [1.54, 1.807) is 0 Å². The van der Waals surface area contributed by atoms with Crippen LogP contribution in [0, 0.1) is 11.3 Å². The fourth-order valence-corrected chi connectivity index (χ4v) is 3.70. The molecule has 1 aromatic rings. The first-order valence-electron chi connectivity index (χ1n) is 7.66. The normalized spacial score (nSPS) is 26.5. The number of hydrogen-bond donors (Lipinski definition) is 1. The number of nitrogens with zero attached hydrogens (tertiary/aromatic N) is 1. The Labute approximate surface area is 117 Å². The number of piperidine rings is 1. The zero-order chi connectivity index (χ0) is 13.3. The molecule has 0 aromatic heterocycles. The molecule has 0 aliphatic carbocycles. The van der Waals surface area contributed by atoms with Crippen molar-refractivity contribution in [3.63, 3.8) is 0 Å². The summed E-state index contributed by atoms with van der Waals surface area (Å²) in [7, 11) is 0. The van der Waals surface area contributed by atoms with Gasteiger partial charge in [-0.1, -0.05) is 32.0 Å². The molecule has 2 aliphatic heterocycles. The zero-order valence-electron chi connectivity index (χ0n) is 12.3. The summed E-state index contributed by atoms with van der Waals surface area (Å²) >= 11 is 0. The molecule has 0 radical (unpaired) electrons. The largest absolute Gasteiger partial charge is 0.384 e. The molecule has 1 atom stereocenters. The molecule has 1 unspecified atom stereocenters. The molecule has 2 heterocycles. The summed E-state index contributed by atoms with van der Waals surface area (Å²) in [6.07, 6.45) is 3.99. The Kier molecular flexibility index (Phi) is 3.53. The molecule has 1 N–H and O–H groups in total. The maximum absolute atomic E-state index is 3.60. The average molecular weight is 258 g/mol. The van der Waals surface area contributed by atoms with Crippen molar-refractivity contribution in [1.82, 2.24) is 4.90 Å². The number of nitrogens with one attached hydrogen (secondary N) is 1. The van der Waals surface area contributed by atoms with Gasteiger partial charge in [-0.05, 0) is 48.8 Å². The van der Waals surface area contributed by atoms with E-state index in [1.807, 2.05) is 0 Å². The molecule has 1 aromatic carbocycles. The minimum absolute atomic E-state index is 0.512. The highest BCUT2D eigenvalue weighted by Crippen LogP contribution is 2.30. The Morgan fingerprint density at radius 2 is 2.16 bits per heavy atom. The van der Waals surface area contributed by atoms with Crippen LogP contribution >= 0.6 is 0 Å². The fraction of sp³-hybridized carbons (Fsp3) is 0.647. The second kappa shape index (κ2) is 5.16. The van der Waals surface area contributed by atoms with Crippen molar-refractivity contribution in [2.45, 2.75) is 33.1 Å². The highest BCUT2D eigenvalue weighted by Gasteiger charge is 2.28. The van der Waals surface area contributed by atoms with E-state index in [1.165, 1.54) is 50.1 Å². The van der Waals surface area contributed by atoms with Crippen molar-refractivity contribution in [2.75, 3.05) is 31.5 Å². The van der Waals surface area contributed by atoms with E-state index in [9.17, 15) is 0 Å². The zero-order valence-corrected chi connectivity index (χ0v) is 12.3. The van der Waals surface area contributed by atoms with Crippen molar-refractivity contribution in [1.29, 1.82) is 0 Å². The predicted molar refractivity (Wildman–Crippen MR) is 81.6 cm³/mol. The van der Waals surface area contributed by atoms with Crippen molar-refractivity contribution in [3.05, 3.63) is 29.8 Å². The third-order valence-corrected chi connectivity index (χ3v) is 4.60. The Morgan fingerprint density at radius 1 is 1.32 bits per heavy atom. The molecule has 0 amide bonds. The van der Waals surface area contributed by atoms with Crippen LogP contribution in [0.25, 0.3) is 0 Å². The molecule has 0 spiro atoms. The van der Waals surface area contributed by atoms with E-state index >= 15 is 0 Å². The van der Waals surface area contributed by atoms with Gasteiger partial charge in [0, 0.05) is 25.3 Å². The molecule has 0 bridgehead atoms. The van der Waals surface area contributed by atoms with Gasteiger partial charge >= 0.3 is 0 Å². The monoisotopic (exact) mass is 258 g/mol. The van der Waals surface area contributed by atoms with Crippen LogP contribution in [0.3, 0.4) is 0 Å². The predicted octanol–water partition coefficient (Wildman–Crippen LogP) is 3.39. The van der Waals surface area contributed by atoms with E-state index in [0.29, 0.717) is 5.41 Å². The van der Waals surface area contributed by atoms with E-state index in [0.717, 1.165) is 12.5 Å². The molecule has 2 heteroatoms. The van der Waals surface area contributed by atoms with E-state index in [4.69, 9.17) is 0 Å². The maximum atomic E-state index is 3.60. The second-order valence-corrected chi connectivity index (χ2v) is 7.11. The summed E-state index contributed by atoms with van der Waals surface area (Å²) in [6.45, 7) is 9.77. The number of anilines is 1. The molecule has 19 heavy (non-hydrogen) atoms. The first-order valence-corrected chi connectivity index (χ1v) is 7.66. The lowest BCUT2D eigenvalue weighted by Crippen LogP contribution is -2.44. The lowest BCUT2D eigenvalue weighted by molar-refractivity contribution is 0.103. The first kappa shape index (κ1) is 13.0. The van der Waals surface area contributed by atoms with Gasteiger partial charge in [-0.3, -0.25) is 0 Å². The number of hydrogen-bond acceptors (Lipinski definition) is 2. The van der Waals surface area contributed by atoms with Crippen molar-refractivity contribution >= 4 is 5.69 Å². The van der Waals surface area contributed by atoms with Gasteiger partial charge in [0.2, 0.25) is 0 Å². The van der Waals surface area contributed by atoms with Gasteiger partial charge in [0.25, 0.3) is 0 Å². The quantitative estimate of drug-likeness (QED) is 0.874. The van der Waals surface area contributed by atoms with E-state index in [2.05, 4.69) is 48.3 Å². The maximum Gasteiger partial charge on any atom is 0.0372 e. The standard InChI is InChI=1S/C17H26N2/c1-17(2)8-5-9-19(13-17)12-14-10-15-6-3-4-7-16(15)18-11-14/h3-4,6-7,14,18H,5,8-13H2,1-2H3. The van der Waals surface area contributed by atoms with Crippen molar-refractivity contribution in [2.24, 2.45) is 11.3 Å². The van der Waals surface area contributed by atoms with Crippen LogP contribution < -0.4 is 5.32 Å². The van der Waals surface area contributed by atoms with Crippen LogP contribution in [0.4, 0.5) is 5.69 Å². The summed E-state index contributed by atoms with van der Waals surface area (Å²) in [5, 5.41) is 3.60. The minimum Gasteiger partial charge on any atom is -0.384 e. The number of rotatable bonds is 2. The molecular formula is C17H26N2. The topological polar surface area (TPSA) is 15.3 Å². The number of benzene rings is 1. The number of likely N-dealkylation sites (tertiary alicyclic amines) is 1. The third kappa shape index (κ3) is 3.11. The highest BCUT2D eigenvalue weighted by atomic mass is 15.1. The summed E-state index contributed by atoms with van der Waals surface area (Å²) in [4.78, 5) is 2.68. The Hall–Kier alpha value is -1.02. The van der Waals surface area contributed by atoms with Crippen LogP contribution in [0.15, 0.2) is 24.3 Å². The number of para-hydroxylation sites is 1. The third-order valence-electron chi connectivity index (χ3n) is 4.60. The van der Waals surface area contributed by atoms with Crippen molar-refractivity contribution < 1.29 is 0 Å². The highest BCUT2D eigenvalue weighted by molar-refractivity contribution is 5.53. The van der Waals surface area contributed by atoms with E-state index < -0.39 is 0 Å². The summed E-state index contributed by atoms with van der Waals surface area (Å²) in [6, 6.07) is 8.76. The SMILES string of the molecule is CC1(C)CCCN(CC2CNc3ccccc3C2)C1. The van der Waals surface area contributed by atoms with Gasteiger partial charge in [-0.2, -0.15) is 0 Å². The molecular weight excluding hydrogens is 232 g/mol. The summed E-state index contributed by atoms with van der Waals surface area (Å²) in [5.74, 6) is 0.767. The minimum atomic E-state index is 0.512. The van der Waals surface area contributed by atoms with Crippen LogP contribution in [0.5, 0.6) is 0 Å². The van der Waals surface area contributed by atoms with Gasteiger partial charge in [-0.15, -0.1) is 0 Å². The smallest absolute Gasteiger partial charge is 0.0372 e. The Bertz CT molecular complexity index is 439. The molecule has 2 nitrogen and oxygen atoms in total. The lowest BCUT2D eigenvalue weighted by atomic mass is 9.83. The van der Waals surface area contributed by atoms with Gasteiger partial charge in [0.1, 0.15) is 0 Å². The van der Waals surface area contributed by atoms with Crippen LogP contribution in [0.1, 0.15) is 32.3 Å². The molecule has 1 fully saturated rings. The average Bonchev–Trinajstić information content (AvgIpc) is 2.37. The van der Waals surface area contributed by atoms with Gasteiger partial charge in [0.15, 0.2) is 0 Å². The fourth-order valence-electron chi connectivity index (χ4n) is 3.70. The molecule has 2 aliphatic rings. The Balaban J connectivity index is 1.60.